The predicted molar refractivity (Wildman–Crippen MR) is 81.9 cm³/mol. The lowest BCUT2D eigenvalue weighted by Gasteiger charge is -2.14. The van der Waals surface area contributed by atoms with Crippen LogP contribution in [0, 0.1) is 0 Å². The van der Waals surface area contributed by atoms with Crippen LogP contribution in [0.1, 0.15) is 62.4 Å². The minimum absolute atomic E-state index is 0.362. The van der Waals surface area contributed by atoms with Crippen molar-refractivity contribution in [3.63, 3.8) is 0 Å². The summed E-state index contributed by atoms with van der Waals surface area (Å²) in [5.41, 5.74) is 2.07. The molecule has 0 bridgehead atoms. The van der Waals surface area contributed by atoms with Crippen LogP contribution in [0.15, 0.2) is 23.0 Å². The van der Waals surface area contributed by atoms with E-state index in [2.05, 4.69) is 54.8 Å². The van der Waals surface area contributed by atoms with E-state index >= 15 is 0 Å². The first kappa shape index (κ1) is 15.6. The first-order valence-electron chi connectivity index (χ1n) is 7.40. The second-order valence-electron chi connectivity index (χ2n) is 6.15. The molecular formula is C16H24N4O. The molecule has 5 heteroatoms. The Bertz CT molecular complexity index is 560. The fraction of sp³-hybridized carbons (Fsp3) is 0.562. The van der Waals surface area contributed by atoms with Crippen molar-refractivity contribution in [3.8, 4) is 0 Å². The molecule has 2 rings (SSSR count). The molecule has 2 aromatic heterocycles. The van der Waals surface area contributed by atoms with E-state index in [-0.39, 0.29) is 0 Å². The van der Waals surface area contributed by atoms with Crippen molar-refractivity contribution in [2.75, 3.05) is 7.05 Å². The van der Waals surface area contributed by atoms with Gasteiger partial charge >= 0.3 is 0 Å². The van der Waals surface area contributed by atoms with Crippen molar-refractivity contribution < 1.29 is 4.52 Å². The molecule has 0 aliphatic carbocycles. The van der Waals surface area contributed by atoms with Crippen LogP contribution in [-0.4, -0.2) is 27.1 Å². The summed E-state index contributed by atoms with van der Waals surface area (Å²) < 4.78 is 5.32. The maximum Gasteiger partial charge on any atom is 0.139 e. The largest absolute Gasteiger partial charge is 0.361 e. The van der Waals surface area contributed by atoms with Crippen molar-refractivity contribution >= 4 is 0 Å². The molecule has 0 aliphatic heterocycles. The smallest absolute Gasteiger partial charge is 0.139 e. The molecule has 0 amide bonds. The number of nitrogens with zero attached hydrogens (tertiary/aromatic N) is 4. The molecule has 0 N–H and O–H groups in total. The summed E-state index contributed by atoms with van der Waals surface area (Å²) in [6.45, 7) is 9.93. The molecule has 21 heavy (non-hydrogen) atoms. The van der Waals surface area contributed by atoms with Gasteiger partial charge in [0.2, 0.25) is 0 Å². The number of hydrogen-bond donors (Lipinski definition) is 0. The van der Waals surface area contributed by atoms with Crippen LogP contribution >= 0.6 is 0 Å². The van der Waals surface area contributed by atoms with Crippen LogP contribution in [0.2, 0.25) is 0 Å². The summed E-state index contributed by atoms with van der Waals surface area (Å²) in [4.78, 5) is 11.0. The second kappa shape index (κ2) is 6.80. The highest BCUT2D eigenvalue weighted by Gasteiger charge is 2.10. The van der Waals surface area contributed by atoms with Crippen LogP contribution in [-0.2, 0) is 13.1 Å². The second-order valence-corrected chi connectivity index (χ2v) is 6.15. The summed E-state index contributed by atoms with van der Waals surface area (Å²) in [7, 11) is 2.06. The van der Waals surface area contributed by atoms with Crippen LogP contribution < -0.4 is 0 Å². The lowest BCUT2D eigenvalue weighted by Crippen LogP contribution is -2.18. The Morgan fingerprint density at radius 2 is 1.71 bits per heavy atom. The normalized spacial score (nSPS) is 11.8. The molecule has 0 spiro atoms. The van der Waals surface area contributed by atoms with Crippen LogP contribution in [0.3, 0.4) is 0 Å². The average molecular weight is 288 g/mol. The Labute approximate surface area is 126 Å². The van der Waals surface area contributed by atoms with Gasteiger partial charge in [0.1, 0.15) is 11.6 Å². The molecule has 0 atom stereocenters. The quantitative estimate of drug-likeness (QED) is 0.816. The first-order valence-corrected chi connectivity index (χ1v) is 7.40. The zero-order chi connectivity index (χ0) is 15.4. The summed E-state index contributed by atoms with van der Waals surface area (Å²) in [5, 5.41) is 4.11. The van der Waals surface area contributed by atoms with Crippen molar-refractivity contribution in [2.24, 2.45) is 0 Å². The van der Waals surface area contributed by atoms with Crippen molar-refractivity contribution in [1.82, 2.24) is 20.0 Å². The van der Waals surface area contributed by atoms with Gasteiger partial charge in [-0.05, 0) is 7.05 Å². The summed E-state index contributed by atoms with van der Waals surface area (Å²) in [5.74, 6) is 2.55. The van der Waals surface area contributed by atoms with Crippen LogP contribution in [0.25, 0.3) is 0 Å². The van der Waals surface area contributed by atoms with Gasteiger partial charge in [0, 0.05) is 48.9 Å². The molecule has 0 saturated heterocycles. The average Bonchev–Trinajstić information content (AvgIpc) is 2.87. The van der Waals surface area contributed by atoms with Gasteiger partial charge in [0.15, 0.2) is 0 Å². The Morgan fingerprint density at radius 1 is 1.05 bits per heavy atom. The van der Waals surface area contributed by atoms with Crippen molar-refractivity contribution in [3.05, 3.63) is 41.3 Å². The zero-order valence-corrected chi connectivity index (χ0v) is 13.5. The third kappa shape index (κ3) is 4.36. The Kier molecular flexibility index (Phi) is 5.07. The molecule has 0 fully saturated rings. The summed E-state index contributed by atoms with van der Waals surface area (Å²) >= 11 is 0. The monoisotopic (exact) mass is 288 g/mol. The molecule has 0 saturated carbocycles. The predicted octanol–water partition coefficient (Wildman–Crippen LogP) is 3.34. The van der Waals surface area contributed by atoms with E-state index in [4.69, 9.17) is 4.52 Å². The first-order chi connectivity index (χ1) is 9.95. The van der Waals surface area contributed by atoms with Crippen LogP contribution in [0.4, 0.5) is 0 Å². The van der Waals surface area contributed by atoms with Gasteiger partial charge in [0.05, 0.1) is 5.69 Å². The fourth-order valence-electron chi connectivity index (χ4n) is 2.06. The van der Waals surface area contributed by atoms with Gasteiger partial charge in [-0.25, -0.2) is 9.97 Å². The number of hydrogen-bond acceptors (Lipinski definition) is 5. The summed E-state index contributed by atoms with van der Waals surface area (Å²) in [6, 6.07) is 2.03. The highest BCUT2D eigenvalue weighted by Crippen LogP contribution is 2.16. The van der Waals surface area contributed by atoms with E-state index in [0.29, 0.717) is 11.8 Å². The standard InChI is InChI=1S/C16H24N4O/c1-11(2)15-6-14(19-21-15)10-20(5)9-13-7-17-16(12(3)4)18-8-13/h6-8,11-12H,9-10H2,1-5H3. The van der Waals surface area contributed by atoms with E-state index in [1.165, 1.54) is 0 Å². The third-order valence-electron chi connectivity index (χ3n) is 3.27. The highest BCUT2D eigenvalue weighted by atomic mass is 16.5. The van der Waals surface area contributed by atoms with Gasteiger partial charge in [-0.1, -0.05) is 32.9 Å². The SMILES string of the molecule is CC(C)c1ncc(CN(C)Cc2cc(C(C)C)on2)cn1. The highest BCUT2D eigenvalue weighted by molar-refractivity contribution is 5.10. The minimum Gasteiger partial charge on any atom is -0.361 e. The molecule has 2 heterocycles. The lowest BCUT2D eigenvalue weighted by atomic mass is 10.1. The van der Waals surface area contributed by atoms with Gasteiger partial charge < -0.3 is 4.52 Å². The molecule has 0 radical (unpaired) electrons. The summed E-state index contributed by atoms with van der Waals surface area (Å²) in [6.07, 6.45) is 3.81. The van der Waals surface area contributed by atoms with E-state index in [9.17, 15) is 0 Å². The van der Waals surface area contributed by atoms with Gasteiger partial charge in [-0.15, -0.1) is 0 Å². The van der Waals surface area contributed by atoms with Crippen molar-refractivity contribution in [1.29, 1.82) is 0 Å². The van der Waals surface area contributed by atoms with E-state index in [1.54, 1.807) is 0 Å². The third-order valence-corrected chi connectivity index (χ3v) is 3.27. The molecule has 5 nitrogen and oxygen atoms in total. The zero-order valence-electron chi connectivity index (χ0n) is 13.5. The maximum absolute atomic E-state index is 5.32. The molecule has 0 aliphatic rings. The minimum atomic E-state index is 0.362. The number of aromatic nitrogens is 3. The van der Waals surface area contributed by atoms with Gasteiger partial charge in [-0.2, -0.15) is 0 Å². The molecular weight excluding hydrogens is 264 g/mol. The molecule has 2 aromatic rings. The molecule has 0 aromatic carbocycles. The van der Waals surface area contributed by atoms with Gasteiger partial charge in [0.25, 0.3) is 0 Å². The fourth-order valence-corrected chi connectivity index (χ4v) is 2.06. The Morgan fingerprint density at radius 3 is 2.24 bits per heavy atom. The van der Waals surface area contributed by atoms with E-state index in [0.717, 1.165) is 35.9 Å². The van der Waals surface area contributed by atoms with Crippen LogP contribution in [0.5, 0.6) is 0 Å². The number of rotatable bonds is 6. The molecule has 114 valence electrons. The molecule has 0 unspecified atom stereocenters. The van der Waals surface area contributed by atoms with E-state index in [1.807, 2.05) is 18.5 Å². The van der Waals surface area contributed by atoms with Crippen molar-refractivity contribution in [2.45, 2.75) is 52.6 Å². The lowest BCUT2D eigenvalue weighted by molar-refractivity contribution is 0.299. The maximum atomic E-state index is 5.32. The topological polar surface area (TPSA) is 55.1 Å². The van der Waals surface area contributed by atoms with Gasteiger partial charge in [-0.3, -0.25) is 4.90 Å². The Balaban J connectivity index is 1.92. The Hall–Kier alpha value is -1.75. The van der Waals surface area contributed by atoms with E-state index < -0.39 is 0 Å².